The molecule has 1 aromatic heterocycles. The van der Waals surface area contributed by atoms with Crippen molar-refractivity contribution in [1.82, 2.24) is 10.3 Å². The summed E-state index contributed by atoms with van der Waals surface area (Å²) in [7, 11) is 0. The molecular weight excluding hydrogens is 382 g/mol. The second kappa shape index (κ2) is 10.6. The smallest absolute Gasteiger partial charge is 0.407 e. The molecule has 0 fully saturated rings. The van der Waals surface area contributed by atoms with Gasteiger partial charge in [0.25, 0.3) is 0 Å². The van der Waals surface area contributed by atoms with E-state index in [1.165, 1.54) is 0 Å². The van der Waals surface area contributed by atoms with Crippen molar-refractivity contribution in [1.29, 1.82) is 0 Å². The maximum atomic E-state index is 12.1. The van der Waals surface area contributed by atoms with Gasteiger partial charge >= 0.3 is 12.1 Å². The highest BCUT2D eigenvalue weighted by Gasteiger charge is 2.27. The van der Waals surface area contributed by atoms with Gasteiger partial charge in [0.1, 0.15) is 5.75 Å². The summed E-state index contributed by atoms with van der Waals surface area (Å²) in [6.07, 6.45) is 4.70. The van der Waals surface area contributed by atoms with Gasteiger partial charge in [0.2, 0.25) is 0 Å². The van der Waals surface area contributed by atoms with Crippen LogP contribution in [0, 0.1) is 0 Å². The van der Waals surface area contributed by atoms with Gasteiger partial charge in [-0.25, -0.2) is 4.79 Å². The van der Waals surface area contributed by atoms with Crippen molar-refractivity contribution in [3.63, 3.8) is 0 Å². The molecule has 2 heterocycles. The van der Waals surface area contributed by atoms with E-state index in [-0.39, 0.29) is 11.9 Å². The summed E-state index contributed by atoms with van der Waals surface area (Å²) in [5.41, 5.74) is 3.07. The second-order valence-corrected chi connectivity index (χ2v) is 7.26. The lowest BCUT2D eigenvalue weighted by atomic mass is 9.88. The van der Waals surface area contributed by atoms with E-state index >= 15 is 0 Å². The molecular formula is C23H29N3O4. The van der Waals surface area contributed by atoms with E-state index < -0.39 is 6.09 Å². The number of hydrogen-bond acceptors (Lipinski definition) is 6. The molecule has 7 heteroatoms. The molecule has 3 rings (SSSR count). The standard InChI is InChI=1S/C23H29N3O4/c1-3-26(4-2)19-7-8-20-18(14-22(27)30-21(20)15-19)6-5-13-29-23(28)25-16-17-9-11-24-12-10-17/h7-12,15,18H,3-6,13-14,16H2,1-2H3,(H,25,28). The number of nitrogens with one attached hydrogen (secondary N) is 1. The van der Waals surface area contributed by atoms with E-state index in [4.69, 9.17) is 9.47 Å². The molecule has 0 aliphatic carbocycles. The molecule has 30 heavy (non-hydrogen) atoms. The molecule has 1 aromatic carbocycles. The van der Waals surface area contributed by atoms with Crippen LogP contribution in [0.1, 0.15) is 50.2 Å². The number of ether oxygens (including phenoxy) is 2. The first-order chi connectivity index (χ1) is 14.6. The summed E-state index contributed by atoms with van der Waals surface area (Å²) in [5, 5.41) is 2.72. The molecule has 1 aliphatic rings. The molecule has 1 unspecified atom stereocenters. The zero-order chi connectivity index (χ0) is 21.3. The van der Waals surface area contributed by atoms with Gasteiger partial charge in [-0.1, -0.05) is 6.07 Å². The number of amides is 1. The minimum Gasteiger partial charge on any atom is -0.450 e. The Bertz CT molecular complexity index is 853. The van der Waals surface area contributed by atoms with Crippen LogP contribution in [0.4, 0.5) is 10.5 Å². The number of aromatic nitrogens is 1. The summed E-state index contributed by atoms with van der Waals surface area (Å²) in [5.74, 6) is 0.521. The minimum absolute atomic E-state index is 0.0792. The third-order valence-corrected chi connectivity index (χ3v) is 5.32. The number of anilines is 1. The molecule has 1 atom stereocenters. The van der Waals surface area contributed by atoms with Gasteiger partial charge in [-0.05, 0) is 61.9 Å². The van der Waals surface area contributed by atoms with Crippen LogP contribution < -0.4 is 15.0 Å². The molecule has 0 spiro atoms. The van der Waals surface area contributed by atoms with Crippen LogP contribution in [-0.4, -0.2) is 36.7 Å². The van der Waals surface area contributed by atoms with Gasteiger partial charge in [-0.15, -0.1) is 0 Å². The third-order valence-electron chi connectivity index (χ3n) is 5.32. The van der Waals surface area contributed by atoms with E-state index in [1.54, 1.807) is 12.4 Å². The first-order valence-electron chi connectivity index (χ1n) is 10.5. The summed E-state index contributed by atoms with van der Waals surface area (Å²) in [4.78, 5) is 30.1. The molecule has 0 bridgehead atoms. The van der Waals surface area contributed by atoms with E-state index in [0.717, 1.165) is 36.3 Å². The molecule has 1 amide bonds. The number of esters is 1. The molecule has 7 nitrogen and oxygen atoms in total. The number of alkyl carbamates (subject to hydrolysis) is 1. The van der Waals surface area contributed by atoms with Crippen molar-refractivity contribution in [3.8, 4) is 5.75 Å². The Labute approximate surface area is 177 Å². The van der Waals surface area contributed by atoms with Crippen LogP contribution in [0.3, 0.4) is 0 Å². The minimum atomic E-state index is -0.445. The van der Waals surface area contributed by atoms with Gasteiger partial charge in [-0.2, -0.15) is 0 Å². The maximum absolute atomic E-state index is 12.1. The molecule has 0 radical (unpaired) electrons. The lowest BCUT2D eigenvalue weighted by Gasteiger charge is -2.27. The van der Waals surface area contributed by atoms with Gasteiger partial charge < -0.3 is 19.7 Å². The predicted octanol–water partition coefficient (Wildman–Crippen LogP) is 4.03. The number of benzene rings is 1. The lowest BCUT2D eigenvalue weighted by molar-refractivity contribution is -0.136. The number of nitrogens with zero attached hydrogens (tertiary/aromatic N) is 2. The van der Waals surface area contributed by atoms with Crippen LogP contribution in [0.25, 0.3) is 0 Å². The van der Waals surface area contributed by atoms with Crippen LogP contribution in [0.2, 0.25) is 0 Å². The number of carbonyl (C=O) groups excluding carboxylic acids is 2. The first-order valence-corrected chi connectivity index (χ1v) is 10.5. The Morgan fingerprint density at radius 3 is 2.73 bits per heavy atom. The van der Waals surface area contributed by atoms with Gasteiger partial charge in [0.15, 0.2) is 0 Å². The molecule has 0 saturated heterocycles. The van der Waals surface area contributed by atoms with Crippen molar-refractivity contribution in [2.45, 2.75) is 45.6 Å². The Morgan fingerprint density at radius 2 is 2.00 bits per heavy atom. The normalized spacial score (nSPS) is 15.1. The molecule has 2 aromatic rings. The Hall–Kier alpha value is -3.09. The molecule has 1 aliphatic heterocycles. The highest BCUT2D eigenvalue weighted by Crippen LogP contribution is 2.39. The molecule has 160 valence electrons. The summed E-state index contributed by atoms with van der Waals surface area (Å²) >= 11 is 0. The summed E-state index contributed by atoms with van der Waals surface area (Å²) < 4.78 is 10.8. The SMILES string of the molecule is CCN(CC)c1ccc2c(c1)OC(=O)CC2CCCOC(=O)NCc1ccncc1. The fourth-order valence-electron chi connectivity index (χ4n) is 3.69. The van der Waals surface area contributed by atoms with Crippen molar-refractivity contribution >= 4 is 17.7 Å². The number of hydrogen-bond donors (Lipinski definition) is 1. The quantitative estimate of drug-likeness (QED) is 0.381. The van der Waals surface area contributed by atoms with Gasteiger partial charge in [0, 0.05) is 43.8 Å². The van der Waals surface area contributed by atoms with E-state index in [9.17, 15) is 9.59 Å². The summed E-state index contributed by atoms with van der Waals surface area (Å²) in [6.45, 7) is 6.70. The average Bonchev–Trinajstić information content (AvgIpc) is 2.76. The number of carbonyl (C=O) groups is 2. The monoisotopic (exact) mass is 411 g/mol. The Morgan fingerprint density at radius 1 is 1.23 bits per heavy atom. The highest BCUT2D eigenvalue weighted by molar-refractivity contribution is 5.77. The average molecular weight is 412 g/mol. The fraction of sp³-hybridized carbons (Fsp3) is 0.435. The number of pyridine rings is 1. The Kier molecular flexibility index (Phi) is 7.65. The van der Waals surface area contributed by atoms with Crippen molar-refractivity contribution in [3.05, 3.63) is 53.9 Å². The lowest BCUT2D eigenvalue weighted by Crippen LogP contribution is -2.25. The van der Waals surface area contributed by atoms with Crippen molar-refractivity contribution in [2.24, 2.45) is 0 Å². The van der Waals surface area contributed by atoms with E-state index in [0.29, 0.717) is 31.7 Å². The van der Waals surface area contributed by atoms with Crippen LogP contribution in [-0.2, 0) is 16.1 Å². The Balaban J connectivity index is 1.49. The van der Waals surface area contributed by atoms with E-state index in [2.05, 4.69) is 41.2 Å². The summed E-state index contributed by atoms with van der Waals surface area (Å²) in [6, 6.07) is 9.77. The number of rotatable bonds is 9. The predicted molar refractivity (Wildman–Crippen MR) is 115 cm³/mol. The highest BCUT2D eigenvalue weighted by atomic mass is 16.5. The third kappa shape index (κ3) is 5.72. The van der Waals surface area contributed by atoms with Crippen molar-refractivity contribution < 1.29 is 19.1 Å². The topological polar surface area (TPSA) is 80.8 Å². The maximum Gasteiger partial charge on any atom is 0.407 e. The zero-order valence-electron chi connectivity index (χ0n) is 17.6. The zero-order valence-corrected chi connectivity index (χ0v) is 17.6. The number of fused-ring (bicyclic) bond motifs is 1. The van der Waals surface area contributed by atoms with Crippen molar-refractivity contribution in [2.75, 3.05) is 24.6 Å². The van der Waals surface area contributed by atoms with Crippen LogP contribution >= 0.6 is 0 Å². The molecule has 1 N–H and O–H groups in total. The van der Waals surface area contributed by atoms with Gasteiger partial charge in [-0.3, -0.25) is 9.78 Å². The van der Waals surface area contributed by atoms with E-state index in [1.807, 2.05) is 18.2 Å². The fourth-order valence-corrected chi connectivity index (χ4v) is 3.69. The first kappa shape index (κ1) is 21.6. The van der Waals surface area contributed by atoms with Gasteiger partial charge in [0.05, 0.1) is 13.0 Å². The van der Waals surface area contributed by atoms with Crippen LogP contribution in [0.5, 0.6) is 5.75 Å². The largest absolute Gasteiger partial charge is 0.450 e. The second-order valence-electron chi connectivity index (χ2n) is 7.26. The molecule has 0 saturated carbocycles. The van der Waals surface area contributed by atoms with Crippen LogP contribution in [0.15, 0.2) is 42.7 Å².